The second-order valence-electron chi connectivity index (χ2n) is 4.11. The minimum Gasteiger partial charge on any atom is -0.481 e. The maximum absolute atomic E-state index is 11.2. The van der Waals surface area contributed by atoms with Crippen LogP contribution >= 0.6 is 0 Å². The summed E-state index contributed by atoms with van der Waals surface area (Å²) in [4.78, 5) is 32.2. The van der Waals surface area contributed by atoms with Gasteiger partial charge in [-0.15, -0.1) is 0 Å². The molecule has 0 fully saturated rings. The number of carbonyl (C=O) groups excluding carboxylic acids is 1. The Kier molecular flexibility index (Phi) is 8.47. The van der Waals surface area contributed by atoms with Gasteiger partial charge >= 0.3 is 17.9 Å². The standard InChI is InChI=1S/C11H18O8/c12-2-1-8(13)5-11(18)19-6-7(3-9(14)15)4-10(16)17/h7-8,12-13H,1-6H2,(H,14,15)(H,16,17). The molecule has 0 spiro atoms. The average molecular weight is 278 g/mol. The van der Waals surface area contributed by atoms with Gasteiger partial charge in [-0.25, -0.2) is 0 Å². The number of carboxylic acid groups (broad SMARTS) is 2. The fourth-order valence-electron chi connectivity index (χ4n) is 1.40. The van der Waals surface area contributed by atoms with Gasteiger partial charge < -0.3 is 25.2 Å². The van der Waals surface area contributed by atoms with Crippen LogP contribution in [0.4, 0.5) is 0 Å². The van der Waals surface area contributed by atoms with E-state index in [4.69, 9.17) is 20.1 Å². The summed E-state index contributed by atoms with van der Waals surface area (Å²) < 4.78 is 4.72. The van der Waals surface area contributed by atoms with E-state index in [0.29, 0.717) is 0 Å². The summed E-state index contributed by atoms with van der Waals surface area (Å²) in [6, 6.07) is 0. The van der Waals surface area contributed by atoms with Gasteiger partial charge in [-0.2, -0.15) is 0 Å². The Balaban J connectivity index is 4.11. The molecule has 0 heterocycles. The average Bonchev–Trinajstić information content (AvgIpc) is 2.24. The molecule has 0 amide bonds. The van der Waals surface area contributed by atoms with Crippen molar-refractivity contribution in [2.24, 2.45) is 5.92 Å². The molecule has 19 heavy (non-hydrogen) atoms. The normalized spacial score (nSPS) is 12.2. The lowest BCUT2D eigenvalue weighted by Crippen LogP contribution is -2.22. The van der Waals surface area contributed by atoms with Crippen molar-refractivity contribution < 1.29 is 39.5 Å². The van der Waals surface area contributed by atoms with E-state index in [9.17, 15) is 19.5 Å². The van der Waals surface area contributed by atoms with E-state index >= 15 is 0 Å². The first-order chi connectivity index (χ1) is 8.85. The van der Waals surface area contributed by atoms with Crippen LogP contribution in [0.15, 0.2) is 0 Å². The zero-order chi connectivity index (χ0) is 14.8. The Bertz CT molecular complexity index is 298. The second-order valence-corrected chi connectivity index (χ2v) is 4.11. The third-order valence-corrected chi connectivity index (χ3v) is 2.27. The molecule has 0 saturated heterocycles. The number of ether oxygens (including phenoxy) is 1. The third kappa shape index (κ3) is 9.98. The number of aliphatic hydroxyl groups is 2. The predicted molar refractivity (Wildman–Crippen MR) is 61.3 cm³/mol. The van der Waals surface area contributed by atoms with Crippen LogP contribution in [-0.4, -0.2) is 57.7 Å². The molecular formula is C11H18O8. The molecule has 0 aliphatic rings. The zero-order valence-corrected chi connectivity index (χ0v) is 10.3. The highest BCUT2D eigenvalue weighted by Gasteiger charge is 2.20. The molecule has 110 valence electrons. The Labute approximate surface area is 109 Å². The molecular weight excluding hydrogens is 260 g/mol. The molecule has 1 unspecified atom stereocenters. The maximum Gasteiger partial charge on any atom is 0.308 e. The highest BCUT2D eigenvalue weighted by Crippen LogP contribution is 2.10. The van der Waals surface area contributed by atoms with Gasteiger partial charge in [-0.3, -0.25) is 14.4 Å². The maximum atomic E-state index is 11.2. The minimum atomic E-state index is -1.18. The SMILES string of the molecule is O=C(O)CC(COC(=O)CC(O)CCO)CC(=O)O. The van der Waals surface area contributed by atoms with Crippen LogP contribution in [0, 0.1) is 5.92 Å². The van der Waals surface area contributed by atoms with Crippen molar-refractivity contribution in [3.05, 3.63) is 0 Å². The smallest absolute Gasteiger partial charge is 0.308 e. The van der Waals surface area contributed by atoms with Gasteiger partial charge in [0.05, 0.1) is 32.0 Å². The van der Waals surface area contributed by atoms with Gasteiger partial charge in [0.1, 0.15) is 0 Å². The van der Waals surface area contributed by atoms with E-state index in [2.05, 4.69) is 0 Å². The van der Waals surface area contributed by atoms with Crippen molar-refractivity contribution >= 4 is 17.9 Å². The van der Waals surface area contributed by atoms with Crippen molar-refractivity contribution in [2.45, 2.75) is 31.8 Å². The molecule has 0 aliphatic carbocycles. The predicted octanol–water partition coefficient (Wildman–Crippen LogP) is -0.771. The van der Waals surface area contributed by atoms with Gasteiger partial charge in [0.15, 0.2) is 0 Å². The van der Waals surface area contributed by atoms with E-state index in [1.165, 1.54) is 0 Å². The highest BCUT2D eigenvalue weighted by molar-refractivity contribution is 5.72. The number of carboxylic acids is 2. The first-order valence-electron chi connectivity index (χ1n) is 5.73. The molecule has 1 atom stereocenters. The van der Waals surface area contributed by atoms with Gasteiger partial charge in [0, 0.05) is 12.5 Å². The van der Waals surface area contributed by atoms with E-state index in [1.54, 1.807) is 0 Å². The lowest BCUT2D eigenvalue weighted by Gasteiger charge is -2.14. The number of aliphatic hydroxyl groups excluding tert-OH is 2. The van der Waals surface area contributed by atoms with Crippen molar-refractivity contribution in [3.8, 4) is 0 Å². The molecule has 0 saturated carbocycles. The van der Waals surface area contributed by atoms with Crippen LogP contribution in [0.5, 0.6) is 0 Å². The topological polar surface area (TPSA) is 141 Å². The number of rotatable bonds is 10. The molecule has 0 rings (SSSR count). The Morgan fingerprint density at radius 3 is 1.95 bits per heavy atom. The monoisotopic (exact) mass is 278 g/mol. The summed E-state index contributed by atoms with van der Waals surface area (Å²) in [5.74, 6) is -3.93. The molecule has 0 radical (unpaired) electrons. The zero-order valence-electron chi connectivity index (χ0n) is 10.3. The molecule has 0 aromatic carbocycles. The number of hydrogen-bond acceptors (Lipinski definition) is 6. The second kappa shape index (κ2) is 9.29. The molecule has 4 N–H and O–H groups in total. The number of hydrogen-bond donors (Lipinski definition) is 4. The lowest BCUT2D eigenvalue weighted by molar-refractivity contribution is -0.151. The fraction of sp³-hybridized carbons (Fsp3) is 0.727. The van der Waals surface area contributed by atoms with Crippen LogP contribution < -0.4 is 0 Å². The van der Waals surface area contributed by atoms with E-state index in [-0.39, 0.29) is 26.1 Å². The summed E-state index contributed by atoms with van der Waals surface area (Å²) in [5.41, 5.74) is 0. The first-order valence-corrected chi connectivity index (χ1v) is 5.73. The fourth-order valence-corrected chi connectivity index (χ4v) is 1.40. The summed E-state index contributed by atoms with van der Waals surface area (Å²) >= 11 is 0. The number of esters is 1. The number of aliphatic carboxylic acids is 2. The van der Waals surface area contributed by atoms with Gasteiger partial charge in [-0.1, -0.05) is 0 Å². The van der Waals surface area contributed by atoms with Gasteiger partial charge in [0.2, 0.25) is 0 Å². The number of carbonyl (C=O) groups is 3. The van der Waals surface area contributed by atoms with Crippen LogP contribution in [0.3, 0.4) is 0 Å². The first kappa shape index (κ1) is 17.3. The van der Waals surface area contributed by atoms with Gasteiger partial charge in [-0.05, 0) is 6.42 Å². The Morgan fingerprint density at radius 1 is 1.00 bits per heavy atom. The van der Waals surface area contributed by atoms with E-state index in [0.717, 1.165) is 0 Å². The molecule has 8 heteroatoms. The summed E-state index contributed by atoms with van der Waals surface area (Å²) in [6.07, 6.45) is -2.16. The molecule has 8 nitrogen and oxygen atoms in total. The van der Waals surface area contributed by atoms with Crippen molar-refractivity contribution in [3.63, 3.8) is 0 Å². The van der Waals surface area contributed by atoms with Crippen LogP contribution in [0.1, 0.15) is 25.7 Å². The van der Waals surface area contributed by atoms with Gasteiger partial charge in [0.25, 0.3) is 0 Å². The molecule has 0 aromatic heterocycles. The molecule has 0 bridgehead atoms. The van der Waals surface area contributed by atoms with E-state index < -0.39 is 42.8 Å². The third-order valence-electron chi connectivity index (χ3n) is 2.27. The summed E-state index contributed by atoms with van der Waals surface area (Å²) in [7, 11) is 0. The Hall–Kier alpha value is -1.67. The highest BCUT2D eigenvalue weighted by atomic mass is 16.5. The van der Waals surface area contributed by atoms with Crippen LogP contribution in [-0.2, 0) is 19.1 Å². The minimum absolute atomic E-state index is 0.0305. The largest absolute Gasteiger partial charge is 0.481 e. The molecule has 0 aromatic rings. The van der Waals surface area contributed by atoms with Crippen LogP contribution in [0.2, 0.25) is 0 Å². The lowest BCUT2D eigenvalue weighted by atomic mass is 10.0. The quantitative estimate of drug-likeness (QED) is 0.382. The van der Waals surface area contributed by atoms with Crippen molar-refractivity contribution in [1.82, 2.24) is 0 Å². The van der Waals surface area contributed by atoms with E-state index in [1.807, 2.05) is 0 Å². The Morgan fingerprint density at radius 2 is 1.53 bits per heavy atom. The molecule has 0 aliphatic heterocycles. The summed E-state index contributed by atoms with van der Waals surface area (Å²) in [6.45, 7) is -0.599. The van der Waals surface area contributed by atoms with Crippen molar-refractivity contribution in [1.29, 1.82) is 0 Å². The summed E-state index contributed by atoms with van der Waals surface area (Å²) in [5, 5.41) is 34.9. The van der Waals surface area contributed by atoms with Crippen LogP contribution in [0.25, 0.3) is 0 Å². The van der Waals surface area contributed by atoms with Crippen molar-refractivity contribution in [2.75, 3.05) is 13.2 Å².